The second-order valence-corrected chi connectivity index (χ2v) is 8.04. The van der Waals surface area contributed by atoms with Crippen molar-refractivity contribution < 1.29 is 4.74 Å². The topological polar surface area (TPSA) is 22.1 Å². The first-order valence-corrected chi connectivity index (χ1v) is 11.5. The number of aromatic nitrogens is 1. The van der Waals surface area contributed by atoms with Crippen LogP contribution in [0.2, 0.25) is 0 Å². The molecular weight excluding hydrogens is 366 g/mol. The number of unbranched alkanes of at least 4 members (excludes halogenated alkanes) is 3. The van der Waals surface area contributed by atoms with Crippen molar-refractivity contribution in [1.29, 1.82) is 0 Å². The lowest BCUT2D eigenvalue weighted by Gasteiger charge is -2.08. The highest BCUT2D eigenvalue weighted by Crippen LogP contribution is 2.23. The van der Waals surface area contributed by atoms with E-state index in [9.17, 15) is 0 Å². The molecule has 0 unspecified atom stereocenters. The van der Waals surface area contributed by atoms with Gasteiger partial charge in [-0.25, -0.2) is 0 Å². The summed E-state index contributed by atoms with van der Waals surface area (Å²) in [5.41, 5.74) is 6.38. The SMILES string of the molecule is CCCCCc1ccc(CCc2ccc(-c3ccc(OCCCC)cc3)cc2)cn1. The molecule has 0 aliphatic heterocycles. The van der Waals surface area contributed by atoms with Crippen molar-refractivity contribution in [3.63, 3.8) is 0 Å². The van der Waals surface area contributed by atoms with Crippen molar-refractivity contribution in [1.82, 2.24) is 4.98 Å². The van der Waals surface area contributed by atoms with E-state index in [1.807, 2.05) is 0 Å². The second kappa shape index (κ2) is 12.2. The minimum atomic E-state index is 0.793. The van der Waals surface area contributed by atoms with Crippen LogP contribution < -0.4 is 4.74 Å². The Morgan fingerprint density at radius 1 is 0.633 bits per heavy atom. The standard InChI is InChI=1S/C28H35NO/c1-3-5-7-8-27-18-13-24(22-29-27)10-9-23-11-14-25(15-12-23)26-16-19-28(20-17-26)30-21-6-4-2/h11-20,22H,3-10,21H2,1-2H3. The molecule has 0 fully saturated rings. The molecule has 0 amide bonds. The van der Waals surface area contributed by atoms with Crippen molar-refractivity contribution in [3.05, 3.63) is 83.7 Å². The predicted octanol–water partition coefficient (Wildman–Crippen LogP) is 7.45. The van der Waals surface area contributed by atoms with Gasteiger partial charge in [0, 0.05) is 11.9 Å². The molecular formula is C28H35NO. The van der Waals surface area contributed by atoms with Gasteiger partial charge in [-0.15, -0.1) is 0 Å². The highest BCUT2D eigenvalue weighted by atomic mass is 16.5. The van der Waals surface area contributed by atoms with Gasteiger partial charge in [0.05, 0.1) is 6.61 Å². The van der Waals surface area contributed by atoms with E-state index in [1.165, 1.54) is 47.2 Å². The van der Waals surface area contributed by atoms with Gasteiger partial charge in [0.25, 0.3) is 0 Å². The van der Waals surface area contributed by atoms with E-state index in [1.54, 1.807) is 0 Å². The fraction of sp³-hybridized carbons (Fsp3) is 0.393. The molecule has 30 heavy (non-hydrogen) atoms. The zero-order chi connectivity index (χ0) is 21.0. The maximum absolute atomic E-state index is 5.76. The summed E-state index contributed by atoms with van der Waals surface area (Å²) in [6.45, 7) is 5.21. The number of benzene rings is 2. The van der Waals surface area contributed by atoms with E-state index in [0.29, 0.717) is 0 Å². The highest BCUT2D eigenvalue weighted by Gasteiger charge is 2.02. The molecule has 1 aromatic heterocycles. The maximum Gasteiger partial charge on any atom is 0.119 e. The van der Waals surface area contributed by atoms with Crippen LogP contribution in [-0.2, 0) is 19.3 Å². The van der Waals surface area contributed by atoms with Gasteiger partial charge in [-0.2, -0.15) is 0 Å². The fourth-order valence-electron chi connectivity index (χ4n) is 3.54. The summed E-state index contributed by atoms with van der Waals surface area (Å²) in [4.78, 5) is 4.64. The van der Waals surface area contributed by atoms with Crippen LogP contribution in [0.3, 0.4) is 0 Å². The number of hydrogen-bond acceptors (Lipinski definition) is 2. The van der Waals surface area contributed by atoms with Crippen LogP contribution in [0.1, 0.15) is 62.8 Å². The predicted molar refractivity (Wildman–Crippen MR) is 127 cm³/mol. The van der Waals surface area contributed by atoms with E-state index in [0.717, 1.165) is 44.5 Å². The minimum absolute atomic E-state index is 0.793. The average Bonchev–Trinajstić information content (AvgIpc) is 2.80. The fourth-order valence-corrected chi connectivity index (χ4v) is 3.54. The maximum atomic E-state index is 5.76. The van der Waals surface area contributed by atoms with Gasteiger partial charge in [-0.05, 0) is 72.6 Å². The monoisotopic (exact) mass is 401 g/mol. The van der Waals surface area contributed by atoms with Gasteiger partial charge in [-0.1, -0.05) is 75.6 Å². The molecule has 0 radical (unpaired) electrons. The van der Waals surface area contributed by atoms with Crippen LogP contribution in [-0.4, -0.2) is 11.6 Å². The smallest absolute Gasteiger partial charge is 0.119 e. The van der Waals surface area contributed by atoms with Crippen molar-refractivity contribution in [2.75, 3.05) is 6.61 Å². The summed E-state index contributed by atoms with van der Waals surface area (Å²) in [5, 5.41) is 0. The van der Waals surface area contributed by atoms with Gasteiger partial charge < -0.3 is 4.74 Å². The summed E-state index contributed by atoms with van der Waals surface area (Å²) in [5.74, 6) is 0.953. The van der Waals surface area contributed by atoms with Crippen LogP contribution in [0.4, 0.5) is 0 Å². The van der Waals surface area contributed by atoms with Crippen LogP contribution in [0, 0.1) is 0 Å². The number of ether oxygens (including phenoxy) is 1. The summed E-state index contributed by atoms with van der Waals surface area (Å²) in [6, 6.07) is 21.8. The van der Waals surface area contributed by atoms with Crippen molar-refractivity contribution in [2.24, 2.45) is 0 Å². The van der Waals surface area contributed by atoms with Crippen LogP contribution >= 0.6 is 0 Å². The lowest BCUT2D eigenvalue weighted by molar-refractivity contribution is 0.309. The van der Waals surface area contributed by atoms with E-state index in [4.69, 9.17) is 4.74 Å². The molecule has 158 valence electrons. The van der Waals surface area contributed by atoms with Gasteiger partial charge >= 0.3 is 0 Å². The molecule has 0 atom stereocenters. The Bertz CT molecular complexity index is 851. The van der Waals surface area contributed by atoms with Gasteiger partial charge in [0.2, 0.25) is 0 Å². The molecule has 0 saturated carbocycles. The molecule has 3 rings (SSSR count). The Hall–Kier alpha value is -2.61. The molecule has 0 saturated heterocycles. The molecule has 0 spiro atoms. The summed E-state index contributed by atoms with van der Waals surface area (Å²) < 4.78 is 5.76. The van der Waals surface area contributed by atoms with Crippen molar-refractivity contribution >= 4 is 0 Å². The quantitative estimate of drug-likeness (QED) is 0.294. The number of nitrogens with zero attached hydrogens (tertiary/aromatic N) is 1. The summed E-state index contributed by atoms with van der Waals surface area (Å²) >= 11 is 0. The molecule has 2 aromatic carbocycles. The lowest BCUT2D eigenvalue weighted by atomic mass is 10.0. The third kappa shape index (κ3) is 7.02. The number of rotatable bonds is 12. The first-order chi connectivity index (χ1) is 14.8. The molecule has 1 heterocycles. The normalized spacial score (nSPS) is 10.9. The molecule has 3 aromatic rings. The minimum Gasteiger partial charge on any atom is -0.494 e. The molecule has 0 aliphatic rings. The third-order valence-electron chi connectivity index (χ3n) is 5.53. The first-order valence-electron chi connectivity index (χ1n) is 11.5. The van der Waals surface area contributed by atoms with Crippen LogP contribution in [0.5, 0.6) is 5.75 Å². The summed E-state index contributed by atoms with van der Waals surface area (Å²) in [7, 11) is 0. The second-order valence-electron chi connectivity index (χ2n) is 8.04. The first kappa shape index (κ1) is 22.1. The van der Waals surface area contributed by atoms with Crippen LogP contribution in [0.15, 0.2) is 66.9 Å². The molecule has 2 nitrogen and oxygen atoms in total. The largest absolute Gasteiger partial charge is 0.494 e. The molecule has 0 N–H and O–H groups in total. The molecule has 0 bridgehead atoms. The Morgan fingerprint density at radius 2 is 1.27 bits per heavy atom. The zero-order valence-electron chi connectivity index (χ0n) is 18.6. The van der Waals surface area contributed by atoms with Crippen LogP contribution in [0.25, 0.3) is 11.1 Å². The Balaban J connectivity index is 1.49. The Morgan fingerprint density at radius 3 is 1.90 bits per heavy atom. The lowest BCUT2D eigenvalue weighted by Crippen LogP contribution is -1.96. The van der Waals surface area contributed by atoms with Gasteiger partial charge in [0.15, 0.2) is 0 Å². The number of aryl methyl sites for hydroxylation is 3. The third-order valence-corrected chi connectivity index (χ3v) is 5.53. The zero-order valence-corrected chi connectivity index (χ0v) is 18.6. The Kier molecular flexibility index (Phi) is 8.96. The highest BCUT2D eigenvalue weighted by molar-refractivity contribution is 5.64. The van der Waals surface area contributed by atoms with E-state index in [2.05, 4.69) is 85.7 Å². The van der Waals surface area contributed by atoms with Gasteiger partial charge in [-0.3, -0.25) is 4.98 Å². The van der Waals surface area contributed by atoms with Gasteiger partial charge in [0.1, 0.15) is 5.75 Å². The van der Waals surface area contributed by atoms with E-state index in [-0.39, 0.29) is 0 Å². The average molecular weight is 402 g/mol. The van der Waals surface area contributed by atoms with E-state index >= 15 is 0 Å². The molecule has 2 heteroatoms. The summed E-state index contributed by atoms with van der Waals surface area (Å²) in [6.07, 6.45) is 11.3. The number of pyridine rings is 1. The number of hydrogen-bond donors (Lipinski definition) is 0. The molecule has 0 aliphatic carbocycles. The van der Waals surface area contributed by atoms with Crippen molar-refractivity contribution in [3.8, 4) is 16.9 Å². The Labute approximate surface area is 182 Å². The van der Waals surface area contributed by atoms with E-state index < -0.39 is 0 Å². The van der Waals surface area contributed by atoms with Crippen molar-refractivity contribution in [2.45, 2.75) is 65.2 Å².